The Hall–Kier alpha value is -0.560. The Balaban J connectivity index is 4.86. The van der Waals surface area contributed by atoms with Crippen LogP contribution in [0.4, 0.5) is 35.1 Å². The van der Waals surface area contributed by atoms with Gasteiger partial charge >= 0.3 is 12.4 Å². The van der Waals surface area contributed by atoms with Crippen LogP contribution >= 0.6 is 0 Å². The number of alkyl halides is 8. The molecule has 0 rings (SSSR count). The van der Waals surface area contributed by atoms with Gasteiger partial charge in [-0.15, -0.1) is 0 Å². The van der Waals surface area contributed by atoms with E-state index < -0.39 is 31.1 Å². The molecule has 0 saturated carbocycles. The second kappa shape index (κ2) is 2.98. The van der Waals surface area contributed by atoms with E-state index in [2.05, 4.69) is 0 Å². The molecule has 8 heteroatoms. The second-order valence-corrected chi connectivity index (χ2v) is 2.48. The fourth-order valence-electron chi connectivity index (χ4n) is 0.451. The molecule has 2 unspecified atom stereocenters. The number of rotatable bonds is 1. The van der Waals surface area contributed by atoms with E-state index in [9.17, 15) is 35.1 Å². The fourth-order valence-corrected chi connectivity index (χ4v) is 0.451. The molecule has 0 bridgehead atoms. The zero-order valence-electron chi connectivity index (χ0n) is 6.10. The summed E-state index contributed by atoms with van der Waals surface area (Å²) in [6.45, 7) is -0.495. The van der Waals surface area contributed by atoms with Gasteiger partial charge in [0.2, 0.25) is 11.8 Å². The van der Waals surface area contributed by atoms with Crippen molar-refractivity contribution >= 4 is 0 Å². The molecule has 80 valence electrons. The predicted octanol–water partition coefficient (Wildman–Crippen LogP) is 3.18. The van der Waals surface area contributed by atoms with Gasteiger partial charge in [-0.05, 0) is 6.92 Å². The summed E-state index contributed by atoms with van der Waals surface area (Å²) in [7, 11) is 0. The Kier molecular flexibility index (Phi) is 2.86. The van der Waals surface area contributed by atoms with E-state index in [-0.39, 0.29) is 0 Å². The highest BCUT2D eigenvalue weighted by atomic mass is 19.4. The quantitative estimate of drug-likeness (QED) is 0.590. The highest BCUT2D eigenvalue weighted by Gasteiger charge is 2.66. The molecule has 0 aliphatic rings. The lowest BCUT2D eigenvalue weighted by Crippen LogP contribution is -2.52. The molecule has 0 nitrogen and oxygen atoms in total. The normalized spacial score (nSPS) is 21.0. The molecule has 0 saturated heterocycles. The SMILES string of the molecule is CC(F)(C(F)C(F)(F)F)C(F)(F)F. The second-order valence-electron chi connectivity index (χ2n) is 2.48. The van der Waals surface area contributed by atoms with Gasteiger partial charge in [-0.2, -0.15) is 26.3 Å². The monoisotopic (exact) mass is 216 g/mol. The topological polar surface area (TPSA) is 0 Å². The summed E-state index contributed by atoms with van der Waals surface area (Å²) in [5.74, 6) is 0. The van der Waals surface area contributed by atoms with E-state index in [0.29, 0.717) is 0 Å². The van der Waals surface area contributed by atoms with Crippen LogP contribution in [-0.4, -0.2) is 24.2 Å². The fraction of sp³-hybridized carbons (Fsp3) is 1.00. The maximum Gasteiger partial charge on any atom is 0.425 e. The van der Waals surface area contributed by atoms with Crippen LogP contribution in [0.1, 0.15) is 6.92 Å². The first-order valence-electron chi connectivity index (χ1n) is 2.87. The lowest BCUT2D eigenvalue weighted by Gasteiger charge is -2.28. The molecular weight excluding hydrogens is 212 g/mol. The van der Waals surface area contributed by atoms with E-state index in [0.717, 1.165) is 0 Å². The average molecular weight is 216 g/mol. The van der Waals surface area contributed by atoms with Crippen LogP contribution in [0, 0.1) is 0 Å². The molecule has 0 aromatic carbocycles. The highest BCUT2D eigenvalue weighted by Crippen LogP contribution is 2.43. The molecule has 0 aromatic rings. The molecule has 0 aliphatic heterocycles. The summed E-state index contributed by atoms with van der Waals surface area (Å²) in [4.78, 5) is 0. The van der Waals surface area contributed by atoms with Gasteiger partial charge < -0.3 is 0 Å². The molecule has 2 atom stereocenters. The van der Waals surface area contributed by atoms with E-state index in [1.807, 2.05) is 0 Å². The molecular formula is C5H4F8. The molecule has 0 amide bonds. The van der Waals surface area contributed by atoms with Crippen LogP contribution in [0.2, 0.25) is 0 Å². The first kappa shape index (κ1) is 12.4. The zero-order valence-corrected chi connectivity index (χ0v) is 6.10. The van der Waals surface area contributed by atoms with Crippen molar-refractivity contribution < 1.29 is 35.1 Å². The van der Waals surface area contributed by atoms with Crippen molar-refractivity contribution in [1.82, 2.24) is 0 Å². The zero-order chi connectivity index (χ0) is 11.1. The molecule has 0 heterocycles. The smallest absolute Gasteiger partial charge is 0.233 e. The van der Waals surface area contributed by atoms with E-state index >= 15 is 0 Å². The molecule has 0 spiro atoms. The summed E-state index contributed by atoms with van der Waals surface area (Å²) in [6.07, 6.45) is -16.3. The molecule has 0 radical (unpaired) electrons. The van der Waals surface area contributed by atoms with Crippen molar-refractivity contribution in [3.05, 3.63) is 0 Å². The Bertz CT molecular complexity index is 174. The van der Waals surface area contributed by atoms with Gasteiger partial charge in [0, 0.05) is 0 Å². The van der Waals surface area contributed by atoms with Crippen molar-refractivity contribution in [2.45, 2.75) is 31.1 Å². The van der Waals surface area contributed by atoms with Crippen molar-refractivity contribution in [1.29, 1.82) is 0 Å². The number of hydrogen-bond donors (Lipinski definition) is 0. The Morgan fingerprint density at radius 1 is 0.846 bits per heavy atom. The van der Waals surface area contributed by atoms with Gasteiger partial charge in [0.25, 0.3) is 0 Å². The Morgan fingerprint density at radius 3 is 1.23 bits per heavy atom. The van der Waals surface area contributed by atoms with Gasteiger partial charge in [-0.25, -0.2) is 8.78 Å². The van der Waals surface area contributed by atoms with Gasteiger partial charge in [-0.1, -0.05) is 0 Å². The Morgan fingerprint density at radius 2 is 1.15 bits per heavy atom. The van der Waals surface area contributed by atoms with Crippen molar-refractivity contribution in [3.63, 3.8) is 0 Å². The summed E-state index contributed by atoms with van der Waals surface area (Å²) in [5.41, 5.74) is -4.91. The van der Waals surface area contributed by atoms with Crippen LogP contribution < -0.4 is 0 Å². The minimum Gasteiger partial charge on any atom is -0.233 e. The predicted molar refractivity (Wildman–Crippen MR) is 26.5 cm³/mol. The minimum absolute atomic E-state index is 0.495. The third kappa shape index (κ3) is 2.44. The van der Waals surface area contributed by atoms with Gasteiger partial charge in [0.1, 0.15) is 0 Å². The van der Waals surface area contributed by atoms with Gasteiger partial charge in [0.05, 0.1) is 0 Å². The third-order valence-corrected chi connectivity index (χ3v) is 1.32. The highest BCUT2D eigenvalue weighted by molar-refractivity contribution is 4.93. The van der Waals surface area contributed by atoms with Crippen LogP contribution in [0.15, 0.2) is 0 Å². The summed E-state index contributed by atoms with van der Waals surface area (Å²) in [5, 5.41) is 0. The maximum atomic E-state index is 12.3. The van der Waals surface area contributed by atoms with Crippen molar-refractivity contribution in [2.75, 3.05) is 0 Å². The van der Waals surface area contributed by atoms with E-state index in [1.165, 1.54) is 0 Å². The standard InChI is InChI=1S/C5H4F8/c1-3(7,5(11,12)13)2(6)4(8,9)10/h2H,1H3. The lowest BCUT2D eigenvalue weighted by molar-refractivity contribution is -0.295. The van der Waals surface area contributed by atoms with Crippen molar-refractivity contribution in [2.24, 2.45) is 0 Å². The average Bonchev–Trinajstić information content (AvgIpc) is 1.81. The van der Waals surface area contributed by atoms with Crippen molar-refractivity contribution in [3.8, 4) is 0 Å². The van der Waals surface area contributed by atoms with Crippen LogP contribution in [0.3, 0.4) is 0 Å². The first-order valence-corrected chi connectivity index (χ1v) is 2.87. The Labute approximate surface area is 67.5 Å². The molecule has 13 heavy (non-hydrogen) atoms. The summed E-state index contributed by atoms with van der Waals surface area (Å²) >= 11 is 0. The van der Waals surface area contributed by atoms with Gasteiger partial charge in [0.15, 0.2) is 0 Å². The third-order valence-electron chi connectivity index (χ3n) is 1.32. The maximum absolute atomic E-state index is 12.3. The van der Waals surface area contributed by atoms with Crippen LogP contribution in [0.5, 0.6) is 0 Å². The molecule has 0 N–H and O–H groups in total. The number of hydrogen-bond acceptors (Lipinski definition) is 0. The number of halogens is 8. The van der Waals surface area contributed by atoms with Crippen LogP contribution in [0.25, 0.3) is 0 Å². The van der Waals surface area contributed by atoms with E-state index in [1.54, 1.807) is 0 Å². The van der Waals surface area contributed by atoms with E-state index in [4.69, 9.17) is 0 Å². The summed E-state index contributed by atoms with van der Waals surface area (Å²) < 4.78 is 92.8. The van der Waals surface area contributed by atoms with Gasteiger partial charge in [-0.3, -0.25) is 0 Å². The molecule has 0 aliphatic carbocycles. The largest absolute Gasteiger partial charge is 0.425 e. The molecule has 0 fully saturated rings. The molecule has 0 aromatic heterocycles. The lowest BCUT2D eigenvalue weighted by atomic mass is 10.0. The van der Waals surface area contributed by atoms with Crippen LogP contribution in [-0.2, 0) is 0 Å². The minimum atomic E-state index is -5.89. The summed E-state index contributed by atoms with van der Waals surface area (Å²) in [6, 6.07) is 0. The first-order chi connectivity index (χ1) is 5.40.